The van der Waals surface area contributed by atoms with Crippen LogP contribution in [0.2, 0.25) is 0 Å². The molecule has 0 rings (SSSR count). The van der Waals surface area contributed by atoms with Crippen molar-refractivity contribution in [2.75, 3.05) is 12.4 Å². The van der Waals surface area contributed by atoms with Crippen molar-refractivity contribution in [2.24, 2.45) is 5.92 Å². The SMILES string of the molecule is CCCCCCCCCC(C)CC(=O)OS(=O)(=O)CCO. The van der Waals surface area contributed by atoms with Crippen molar-refractivity contribution in [1.82, 2.24) is 0 Å². The number of aliphatic hydroxyl groups is 1. The molecule has 1 atom stereocenters. The number of rotatable bonds is 13. The van der Waals surface area contributed by atoms with Crippen LogP contribution in [0.4, 0.5) is 0 Å². The lowest BCUT2D eigenvalue weighted by Gasteiger charge is -2.10. The Kier molecular flexibility index (Phi) is 11.6. The van der Waals surface area contributed by atoms with Crippen LogP contribution in [0, 0.1) is 5.92 Å². The van der Waals surface area contributed by atoms with E-state index in [4.69, 9.17) is 5.11 Å². The number of unbranched alkanes of at least 4 members (excludes halogenated alkanes) is 6. The van der Waals surface area contributed by atoms with E-state index in [0.717, 1.165) is 19.3 Å². The summed E-state index contributed by atoms with van der Waals surface area (Å²) in [5.74, 6) is -1.14. The molecular formula is C15H30O5S. The van der Waals surface area contributed by atoms with Crippen LogP contribution < -0.4 is 0 Å². The first-order valence-electron chi connectivity index (χ1n) is 7.97. The van der Waals surface area contributed by atoms with E-state index in [-0.39, 0.29) is 12.3 Å². The zero-order valence-corrected chi connectivity index (χ0v) is 14.2. The van der Waals surface area contributed by atoms with E-state index >= 15 is 0 Å². The molecular weight excluding hydrogens is 292 g/mol. The zero-order chi connectivity index (χ0) is 16.1. The first-order chi connectivity index (χ1) is 9.91. The fourth-order valence-electron chi connectivity index (χ4n) is 2.17. The van der Waals surface area contributed by atoms with Crippen LogP contribution >= 0.6 is 0 Å². The number of carbonyl (C=O) groups is 1. The van der Waals surface area contributed by atoms with E-state index in [1.807, 2.05) is 6.92 Å². The second-order valence-electron chi connectivity index (χ2n) is 5.66. The van der Waals surface area contributed by atoms with Crippen molar-refractivity contribution in [3.05, 3.63) is 0 Å². The third kappa shape index (κ3) is 12.8. The lowest BCUT2D eigenvalue weighted by Crippen LogP contribution is -2.19. The summed E-state index contributed by atoms with van der Waals surface area (Å²) >= 11 is 0. The Morgan fingerprint density at radius 2 is 1.67 bits per heavy atom. The van der Waals surface area contributed by atoms with Crippen LogP contribution in [0.3, 0.4) is 0 Å². The normalized spacial score (nSPS) is 13.1. The molecule has 0 aromatic rings. The molecule has 0 aliphatic heterocycles. The summed E-state index contributed by atoms with van der Waals surface area (Å²) in [7, 11) is -3.91. The van der Waals surface area contributed by atoms with Gasteiger partial charge in [-0.25, -0.2) is 0 Å². The van der Waals surface area contributed by atoms with Gasteiger partial charge in [0.1, 0.15) is 5.75 Å². The van der Waals surface area contributed by atoms with Crippen LogP contribution in [0.5, 0.6) is 0 Å². The summed E-state index contributed by atoms with van der Waals surface area (Å²) in [6.07, 6.45) is 9.56. The zero-order valence-electron chi connectivity index (χ0n) is 13.3. The monoisotopic (exact) mass is 322 g/mol. The van der Waals surface area contributed by atoms with Crippen LogP contribution in [-0.2, 0) is 19.1 Å². The Morgan fingerprint density at radius 3 is 2.24 bits per heavy atom. The van der Waals surface area contributed by atoms with E-state index in [0.29, 0.717) is 0 Å². The number of hydrogen-bond donors (Lipinski definition) is 1. The minimum absolute atomic E-state index is 0.112. The molecule has 0 spiro atoms. The Bertz CT molecular complexity index is 364. The fourth-order valence-corrected chi connectivity index (χ4v) is 2.82. The lowest BCUT2D eigenvalue weighted by atomic mass is 9.99. The quantitative estimate of drug-likeness (QED) is 0.416. The molecule has 0 saturated heterocycles. The van der Waals surface area contributed by atoms with Gasteiger partial charge in [0.15, 0.2) is 0 Å². The number of hydrogen-bond acceptors (Lipinski definition) is 5. The van der Waals surface area contributed by atoms with Gasteiger partial charge in [0, 0.05) is 6.42 Å². The van der Waals surface area contributed by atoms with Crippen molar-refractivity contribution < 1.29 is 22.5 Å². The third-order valence-electron chi connectivity index (χ3n) is 3.38. The molecule has 6 heteroatoms. The lowest BCUT2D eigenvalue weighted by molar-refractivity contribution is -0.134. The maximum atomic E-state index is 11.5. The molecule has 1 unspecified atom stereocenters. The summed E-state index contributed by atoms with van der Waals surface area (Å²) in [4.78, 5) is 11.5. The maximum absolute atomic E-state index is 11.5. The molecule has 126 valence electrons. The molecule has 1 N–H and O–H groups in total. The smallest absolute Gasteiger partial charge is 0.322 e. The average Bonchev–Trinajstić information content (AvgIpc) is 2.36. The van der Waals surface area contributed by atoms with Gasteiger partial charge in [-0.3, -0.25) is 4.79 Å². The van der Waals surface area contributed by atoms with E-state index in [1.54, 1.807) is 0 Å². The Balaban J connectivity index is 3.69. The van der Waals surface area contributed by atoms with E-state index < -0.39 is 28.4 Å². The van der Waals surface area contributed by atoms with Gasteiger partial charge in [0.2, 0.25) is 0 Å². The molecule has 21 heavy (non-hydrogen) atoms. The van der Waals surface area contributed by atoms with Crippen molar-refractivity contribution in [3.8, 4) is 0 Å². The fraction of sp³-hybridized carbons (Fsp3) is 0.933. The average molecular weight is 322 g/mol. The van der Waals surface area contributed by atoms with Crippen molar-refractivity contribution in [3.63, 3.8) is 0 Å². The summed E-state index contributed by atoms with van der Waals surface area (Å²) in [5.41, 5.74) is 0. The summed E-state index contributed by atoms with van der Waals surface area (Å²) in [5, 5.41) is 8.55. The van der Waals surface area contributed by atoms with E-state index in [2.05, 4.69) is 11.1 Å². The standard InChI is InChI=1S/C15H30O5S/c1-3-4-5-6-7-8-9-10-14(2)13-15(17)20-21(18,19)12-11-16/h14,16H,3-13H2,1-2H3. The van der Waals surface area contributed by atoms with Crippen molar-refractivity contribution >= 4 is 16.1 Å². The second-order valence-corrected chi connectivity index (χ2v) is 7.35. The highest BCUT2D eigenvalue weighted by Gasteiger charge is 2.18. The van der Waals surface area contributed by atoms with E-state index in [9.17, 15) is 13.2 Å². The molecule has 0 aliphatic rings. The highest BCUT2D eigenvalue weighted by atomic mass is 32.2. The molecule has 0 heterocycles. The number of carbonyl (C=O) groups excluding carboxylic acids is 1. The Morgan fingerprint density at radius 1 is 1.10 bits per heavy atom. The largest absolute Gasteiger partial charge is 0.395 e. The molecule has 5 nitrogen and oxygen atoms in total. The van der Waals surface area contributed by atoms with Gasteiger partial charge in [-0.15, -0.1) is 0 Å². The number of aliphatic hydroxyl groups excluding tert-OH is 1. The molecule has 0 radical (unpaired) electrons. The molecule has 0 fully saturated rings. The van der Waals surface area contributed by atoms with Gasteiger partial charge >= 0.3 is 16.1 Å². The summed E-state index contributed by atoms with van der Waals surface area (Å²) in [6, 6.07) is 0. The van der Waals surface area contributed by atoms with Gasteiger partial charge in [-0.1, -0.05) is 65.2 Å². The van der Waals surface area contributed by atoms with Crippen LogP contribution in [-0.4, -0.2) is 31.9 Å². The summed E-state index contributed by atoms with van der Waals surface area (Å²) in [6.45, 7) is 3.59. The summed E-state index contributed by atoms with van der Waals surface area (Å²) < 4.78 is 26.8. The Labute approximate surface area is 129 Å². The minimum Gasteiger partial charge on any atom is -0.395 e. The van der Waals surface area contributed by atoms with Gasteiger partial charge < -0.3 is 9.29 Å². The van der Waals surface area contributed by atoms with Gasteiger partial charge in [-0.2, -0.15) is 8.42 Å². The van der Waals surface area contributed by atoms with Crippen LogP contribution in [0.25, 0.3) is 0 Å². The second kappa shape index (κ2) is 12.0. The highest BCUT2D eigenvalue weighted by molar-refractivity contribution is 7.87. The van der Waals surface area contributed by atoms with Gasteiger partial charge in [0.05, 0.1) is 6.61 Å². The maximum Gasteiger partial charge on any atom is 0.322 e. The van der Waals surface area contributed by atoms with Gasteiger partial charge in [-0.05, 0) is 5.92 Å². The van der Waals surface area contributed by atoms with E-state index in [1.165, 1.54) is 32.1 Å². The van der Waals surface area contributed by atoms with Crippen molar-refractivity contribution in [1.29, 1.82) is 0 Å². The molecule has 0 bridgehead atoms. The molecule has 0 aliphatic carbocycles. The predicted octanol–water partition coefficient (Wildman–Crippen LogP) is 3.02. The molecule has 0 saturated carbocycles. The minimum atomic E-state index is -3.91. The highest BCUT2D eigenvalue weighted by Crippen LogP contribution is 2.16. The van der Waals surface area contributed by atoms with Crippen LogP contribution in [0.1, 0.15) is 71.6 Å². The first kappa shape index (κ1) is 20.4. The van der Waals surface area contributed by atoms with Gasteiger partial charge in [0.25, 0.3) is 0 Å². The predicted molar refractivity (Wildman–Crippen MR) is 83.4 cm³/mol. The first-order valence-corrected chi connectivity index (χ1v) is 9.55. The topological polar surface area (TPSA) is 80.7 Å². The van der Waals surface area contributed by atoms with Crippen LogP contribution in [0.15, 0.2) is 0 Å². The third-order valence-corrected chi connectivity index (χ3v) is 4.50. The molecule has 0 amide bonds. The molecule has 0 aromatic heterocycles. The Hall–Kier alpha value is -0.620. The van der Waals surface area contributed by atoms with Crippen molar-refractivity contribution in [2.45, 2.75) is 71.6 Å². The molecule has 0 aromatic carbocycles.